The molecule has 2 heterocycles. The molecule has 0 saturated heterocycles. The highest BCUT2D eigenvalue weighted by Gasteiger charge is 2.24. The number of halogens is 1. The van der Waals surface area contributed by atoms with Crippen molar-refractivity contribution >= 4 is 50.6 Å². The van der Waals surface area contributed by atoms with E-state index in [0.29, 0.717) is 28.7 Å². The summed E-state index contributed by atoms with van der Waals surface area (Å²) in [5.41, 5.74) is 3.00. The fourth-order valence-electron chi connectivity index (χ4n) is 2.93. The summed E-state index contributed by atoms with van der Waals surface area (Å²) in [4.78, 5) is 24.4. The highest BCUT2D eigenvalue weighted by molar-refractivity contribution is 7.20. The molecule has 2 aromatic heterocycles. The zero-order valence-electron chi connectivity index (χ0n) is 15.2. The van der Waals surface area contributed by atoms with Crippen LogP contribution in [0.2, 0.25) is 5.28 Å². The van der Waals surface area contributed by atoms with Gasteiger partial charge in [-0.1, -0.05) is 12.1 Å². The number of ether oxygens (including phenoxy) is 1. The smallest absolute Gasteiger partial charge is 0.348 e. The van der Waals surface area contributed by atoms with Gasteiger partial charge in [0.15, 0.2) is 0 Å². The van der Waals surface area contributed by atoms with Crippen LogP contribution in [-0.4, -0.2) is 29.1 Å². The van der Waals surface area contributed by atoms with Crippen LogP contribution in [-0.2, 0) is 4.74 Å². The molecular formula is C19H20ClN3O2S. The lowest BCUT2D eigenvalue weighted by molar-refractivity contribution is 0.0531. The van der Waals surface area contributed by atoms with Gasteiger partial charge in [0.1, 0.15) is 15.5 Å². The Hall–Kier alpha value is -2.18. The molecule has 1 aromatic carbocycles. The monoisotopic (exact) mass is 389 g/mol. The zero-order chi connectivity index (χ0) is 18.8. The van der Waals surface area contributed by atoms with Gasteiger partial charge >= 0.3 is 5.97 Å². The number of rotatable bonds is 5. The number of hydrogen-bond donors (Lipinski definition) is 0. The van der Waals surface area contributed by atoms with Crippen molar-refractivity contribution in [1.82, 2.24) is 9.97 Å². The predicted octanol–water partition coefficient (Wildman–Crippen LogP) is 5.30. The van der Waals surface area contributed by atoms with Crippen molar-refractivity contribution in [2.45, 2.75) is 27.7 Å². The normalized spacial score (nSPS) is 11.0. The molecule has 0 unspecified atom stereocenters. The van der Waals surface area contributed by atoms with Crippen molar-refractivity contribution < 1.29 is 9.53 Å². The number of thiophene rings is 1. The van der Waals surface area contributed by atoms with Crippen LogP contribution >= 0.6 is 22.9 Å². The van der Waals surface area contributed by atoms with E-state index >= 15 is 0 Å². The van der Waals surface area contributed by atoms with Crippen LogP contribution in [0.3, 0.4) is 0 Å². The molecule has 3 rings (SSSR count). The zero-order valence-corrected chi connectivity index (χ0v) is 16.7. The van der Waals surface area contributed by atoms with Crippen molar-refractivity contribution in [3.05, 3.63) is 45.6 Å². The summed E-state index contributed by atoms with van der Waals surface area (Å²) in [6.45, 7) is 8.83. The lowest BCUT2D eigenvalue weighted by Crippen LogP contribution is -2.18. The molecule has 0 saturated carbocycles. The van der Waals surface area contributed by atoms with Gasteiger partial charge < -0.3 is 9.64 Å². The van der Waals surface area contributed by atoms with Crippen LogP contribution < -0.4 is 4.90 Å². The summed E-state index contributed by atoms with van der Waals surface area (Å²) >= 11 is 7.48. The number of benzene rings is 1. The Kier molecular flexibility index (Phi) is 5.44. The topological polar surface area (TPSA) is 55.3 Å². The molecule has 0 radical (unpaired) electrons. The van der Waals surface area contributed by atoms with Crippen molar-refractivity contribution in [3.63, 3.8) is 0 Å². The van der Waals surface area contributed by atoms with E-state index in [1.807, 2.05) is 19.1 Å². The molecule has 136 valence electrons. The molecule has 0 spiro atoms. The molecular weight excluding hydrogens is 370 g/mol. The van der Waals surface area contributed by atoms with Crippen molar-refractivity contribution in [2.75, 3.05) is 18.1 Å². The number of aromatic nitrogens is 2. The number of carbonyl (C=O) groups is 1. The van der Waals surface area contributed by atoms with Crippen LogP contribution in [0.4, 0.5) is 11.5 Å². The molecule has 0 fully saturated rings. The Morgan fingerprint density at radius 1 is 1.27 bits per heavy atom. The number of esters is 1. The van der Waals surface area contributed by atoms with E-state index in [2.05, 4.69) is 40.8 Å². The van der Waals surface area contributed by atoms with Crippen LogP contribution in [0.25, 0.3) is 10.2 Å². The summed E-state index contributed by atoms with van der Waals surface area (Å²) < 4.78 is 5.17. The SMILES string of the molecule is CCOC(=O)c1sc2nc(Cl)nc(N(CC)c3cccc(C)c3)c2c1C. The molecule has 0 N–H and O–H groups in total. The van der Waals surface area contributed by atoms with Crippen LogP contribution in [0.1, 0.15) is 34.6 Å². The molecule has 5 nitrogen and oxygen atoms in total. The maximum absolute atomic E-state index is 12.3. The number of anilines is 2. The Morgan fingerprint density at radius 2 is 2.04 bits per heavy atom. The average molecular weight is 390 g/mol. The lowest BCUT2D eigenvalue weighted by Gasteiger charge is -2.23. The maximum atomic E-state index is 12.3. The number of fused-ring (bicyclic) bond motifs is 1. The second-order valence-corrected chi connectivity index (χ2v) is 7.19. The third-order valence-electron chi connectivity index (χ3n) is 4.09. The van der Waals surface area contributed by atoms with E-state index in [4.69, 9.17) is 16.3 Å². The average Bonchev–Trinajstić information content (AvgIpc) is 2.92. The third kappa shape index (κ3) is 3.39. The Balaban J connectivity index is 2.22. The second-order valence-electron chi connectivity index (χ2n) is 5.86. The van der Waals surface area contributed by atoms with E-state index < -0.39 is 0 Å². The minimum atomic E-state index is -0.339. The van der Waals surface area contributed by atoms with E-state index in [0.717, 1.165) is 22.2 Å². The first-order valence-electron chi connectivity index (χ1n) is 8.44. The van der Waals surface area contributed by atoms with Crippen molar-refractivity contribution in [3.8, 4) is 0 Å². The fourth-order valence-corrected chi connectivity index (χ4v) is 4.21. The molecule has 26 heavy (non-hydrogen) atoms. The van der Waals surface area contributed by atoms with Crippen molar-refractivity contribution in [1.29, 1.82) is 0 Å². The Labute approximate surface area is 161 Å². The molecule has 0 amide bonds. The van der Waals surface area contributed by atoms with E-state index in [-0.39, 0.29) is 11.3 Å². The van der Waals surface area contributed by atoms with Gasteiger partial charge in [-0.05, 0) is 62.6 Å². The van der Waals surface area contributed by atoms with Gasteiger partial charge in [0.2, 0.25) is 5.28 Å². The Morgan fingerprint density at radius 3 is 2.69 bits per heavy atom. The molecule has 3 aromatic rings. The van der Waals surface area contributed by atoms with E-state index in [9.17, 15) is 4.79 Å². The molecule has 0 aliphatic heterocycles. The standard InChI is InChI=1S/C19H20ClN3O2S/c1-5-23(13-9-7-8-11(3)10-13)16-14-12(4)15(18(24)25-6-2)26-17(14)22-19(20)21-16/h7-10H,5-6H2,1-4H3. The number of carbonyl (C=O) groups excluding carboxylic acids is 1. The van der Waals surface area contributed by atoms with Gasteiger partial charge in [-0.15, -0.1) is 11.3 Å². The van der Waals surface area contributed by atoms with Gasteiger partial charge in [0.25, 0.3) is 0 Å². The summed E-state index contributed by atoms with van der Waals surface area (Å²) in [6, 6.07) is 8.19. The van der Waals surface area contributed by atoms with Crippen molar-refractivity contribution in [2.24, 2.45) is 0 Å². The second kappa shape index (κ2) is 7.60. The minimum absolute atomic E-state index is 0.162. The summed E-state index contributed by atoms with van der Waals surface area (Å²) in [5, 5.41) is 1.00. The molecule has 0 bridgehead atoms. The Bertz CT molecular complexity index is 971. The minimum Gasteiger partial charge on any atom is -0.462 e. The highest BCUT2D eigenvalue weighted by Crippen LogP contribution is 2.38. The molecule has 0 aliphatic rings. The number of hydrogen-bond acceptors (Lipinski definition) is 6. The summed E-state index contributed by atoms with van der Waals surface area (Å²) in [6.07, 6.45) is 0. The molecule has 0 aliphatic carbocycles. The molecule has 7 heteroatoms. The number of nitrogens with zero attached hydrogens (tertiary/aromatic N) is 3. The summed E-state index contributed by atoms with van der Waals surface area (Å²) in [7, 11) is 0. The van der Waals surface area contributed by atoms with Crippen LogP contribution in [0.5, 0.6) is 0 Å². The number of aryl methyl sites for hydroxylation is 2. The molecule has 0 atom stereocenters. The van der Waals surface area contributed by atoms with E-state index in [1.165, 1.54) is 11.3 Å². The lowest BCUT2D eigenvalue weighted by atomic mass is 10.1. The van der Waals surface area contributed by atoms with Crippen LogP contribution in [0.15, 0.2) is 24.3 Å². The predicted molar refractivity (Wildman–Crippen MR) is 107 cm³/mol. The highest BCUT2D eigenvalue weighted by atomic mass is 35.5. The fraction of sp³-hybridized carbons (Fsp3) is 0.316. The first kappa shape index (κ1) is 18.6. The van der Waals surface area contributed by atoms with E-state index in [1.54, 1.807) is 6.92 Å². The van der Waals surface area contributed by atoms with Gasteiger partial charge in [0, 0.05) is 12.2 Å². The van der Waals surface area contributed by atoms with Gasteiger partial charge in [-0.25, -0.2) is 9.78 Å². The maximum Gasteiger partial charge on any atom is 0.348 e. The van der Waals surface area contributed by atoms with Gasteiger partial charge in [0.05, 0.1) is 12.0 Å². The van der Waals surface area contributed by atoms with Crippen LogP contribution in [0, 0.1) is 13.8 Å². The largest absolute Gasteiger partial charge is 0.462 e. The first-order valence-corrected chi connectivity index (χ1v) is 9.63. The quantitative estimate of drug-likeness (QED) is 0.438. The van der Waals surface area contributed by atoms with Gasteiger partial charge in [-0.2, -0.15) is 4.98 Å². The van der Waals surface area contributed by atoms with Gasteiger partial charge in [-0.3, -0.25) is 0 Å². The first-order chi connectivity index (χ1) is 12.5. The third-order valence-corrected chi connectivity index (χ3v) is 5.42. The summed E-state index contributed by atoms with van der Waals surface area (Å²) in [5.74, 6) is 0.367.